The first kappa shape index (κ1) is 16.1. The van der Waals surface area contributed by atoms with Gasteiger partial charge < -0.3 is 14.2 Å². The third-order valence-corrected chi connectivity index (χ3v) is 4.45. The first-order valence-electron chi connectivity index (χ1n) is 7.90. The largest absolute Gasteiger partial charge is 0.382 e. The molecule has 1 aliphatic carbocycles. The van der Waals surface area contributed by atoms with Crippen LogP contribution in [0.2, 0.25) is 0 Å². The zero-order valence-corrected chi connectivity index (χ0v) is 13.5. The van der Waals surface area contributed by atoms with Crippen LogP contribution in [-0.4, -0.2) is 31.2 Å². The Balaban J connectivity index is 1.89. The van der Waals surface area contributed by atoms with E-state index in [0.717, 1.165) is 17.5 Å². The van der Waals surface area contributed by atoms with Gasteiger partial charge in [-0.1, -0.05) is 6.07 Å². The highest BCUT2D eigenvalue weighted by molar-refractivity contribution is 5.81. The van der Waals surface area contributed by atoms with Crippen molar-refractivity contribution >= 4 is 5.78 Å². The SMILES string of the molecule is COCC1(C)Cc2ccc(C#N)cc2C(OC2CCC(=O)C2)O1. The zero-order valence-electron chi connectivity index (χ0n) is 13.5. The lowest BCUT2D eigenvalue weighted by atomic mass is 9.89. The third-order valence-electron chi connectivity index (χ3n) is 4.45. The Kier molecular flexibility index (Phi) is 4.49. The van der Waals surface area contributed by atoms with Crippen molar-refractivity contribution < 1.29 is 19.0 Å². The maximum atomic E-state index is 11.5. The molecule has 1 aromatic rings. The van der Waals surface area contributed by atoms with Crippen LogP contribution in [0.4, 0.5) is 0 Å². The van der Waals surface area contributed by atoms with Gasteiger partial charge in [-0.2, -0.15) is 5.26 Å². The second-order valence-electron chi connectivity index (χ2n) is 6.57. The summed E-state index contributed by atoms with van der Waals surface area (Å²) < 4.78 is 17.5. The number of Topliss-reactive ketones (excluding diaryl/α,β-unsaturated/α-hetero) is 1. The average Bonchev–Trinajstić information content (AvgIpc) is 2.92. The third kappa shape index (κ3) is 3.45. The zero-order chi connectivity index (χ0) is 16.4. The Labute approximate surface area is 136 Å². The quantitative estimate of drug-likeness (QED) is 0.854. The van der Waals surface area contributed by atoms with Gasteiger partial charge in [0, 0.05) is 31.9 Å². The Bertz CT molecular complexity index is 651. The summed E-state index contributed by atoms with van der Waals surface area (Å²) in [5.41, 5.74) is 2.09. The van der Waals surface area contributed by atoms with E-state index in [1.807, 2.05) is 25.1 Å². The summed E-state index contributed by atoms with van der Waals surface area (Å²) in [6.45, 7) is 2.45. The molecule has 0 spiro atoms. The normalized spacial score (nSPS) is 30.0. The first-order chi connectivity index (χ1) is 11.0. The summed E-state index contributed by atoms with van der Waals surface area (Å²) in [6.07, 6.45) is 1.75. The standard InChI is InChI=1S/C18H21NO4/c1-18(11-21-2)9-13-4-3-12(10-19)7-16(13)17(23-18)22-15-6-5-14(20)8-15/h3-4,7,15,17H,5-6,8-9,11H2,1-2H3. The number of ketones is 1. The van der Waals surface area contributed by atoms with Crippen LogP contribution in [-0.2, 0) is 25.4 Å². The van der Waals surface area contributed by atoms with E-state index in [9.17, 15) is 4.79 Å². The molecule has 2 aliphatic rings. The molecule has 1 fully saturated rings. The van der Waals surface area contributed by atoms with E-state index in [1.54, 1.807) is 7.11 Å². The molecule has 122 valence electrons. The molecular formula is C18H21NO4. The van der Waals surface area contributed by atoms with E-state index in [1.165, 1.54) is 0 Å². The Hall–Kier alpha value is -1.74. The van der Waals surface area contributed by atoms with Gasteiger partial charge >= 0.3 is 0 Å². The Morgan fingerprint density at radius 2 is 2.30 bits per heavy atom. The van der Waals surface area contributed by atoms with Gasteiger partial charge in [0.15, 0.2) is 6.29 Å². The molecule has 3 unspecified atom stereocenters. The van der Waals surface area contributed by atoms with Gasteiger partial charge in [0.05, 0.1) is 29.9 Å². The van der Waals surface area contributed by atoms with Crippen molar-refractivity contribution in [3.05, 3.63) is 34.9 Å². The van der Waals surface area contributed by atoms with E-state index in [2.05, 4.69) is 6.07 Å². The molecule has 5 nitrogen and oxygen atoms in total. The molecule has 1 saturated carbocycles. The molecule has 23 heavy (non-hydrogen) atoms. The van der Waals surface area contributed by atoms with E-state index < -0.39 is 11.9 Å². The Morgan fingerprint density at radius 1 is 1.48 bits per heavy atom. The number of hydrogen-bond donors (Lipinski definition) is 0. The number of rotatable bonds is 4. The molecular weight excluding hydrogens is 294 g/mol. The van der Waals surface area contributed by atoms with Gasteiger partial charge in [-0.05, 0) is 31.0 Å². The number of carbonyl (C=O) groups excluding carboxylic acids is 1. The van der Waals surface area contributed by atoms with E-state index in [-0.39, 0.29) is 11.9 Å². The maximum absolute atomic E-state index is 11.5. The molecule has 3 atom stereocenters. The molecule has 3 rings (SSSR count). The Morgan fingerprint density at radius 3 is 2.96 bits per heavy atom. The van der Waals surface area contributed by atoms with Crippen molar-refractivity contribution in [3.63, 3.8) is 0 Å². The molecule has 0 saturated heterocycles. The minimum atomic E-state index is -0.567. The number of methoxy groups -OCH3 is 1. The number of nitriles is 1. The van der Waals surface area contributed by atoms with Gasteiger partial charge in [-0.3, -0.25) is 4.79 Å². The van der Waals surface area contributed by atoms with Crippen molar-refractivity contribution in [2.24, 2.45) is 0 Å². The first-order valence-corrected chi connectivity index (χ1v) is 7.90. The van der Waals surface area contributed by atoms with Crippen LogP contribution in [0.1, 0.15) is 49.2 Å². The lowest BCUT2D eigenvalue weighted by Gasteiger charge is -2.40. The lowest BCUT2D eigenvalue weighted by molar-refractivity contribution is -0.246. The van der Waals surface area contributed by atoms with Crippen LogP contribution in [0.5, 0.6) is 0 Å². The molecule has 0 aromatic heterocycles. The second-order valence-corrected chi connectivity index (χ2v) is 6.57. The second kappa shape index (κ2) is 6.40. The number of ether oxygens (including phenoxy) is 3. The molecule has 0 radical (unpaired) electrons. The summed E-state index contributed by atoms with van der Waals surface area (Å²) in [7, 11) is 1.65. The van der Waals surface area contributed by atoms with Crippen molar-refractivity contribution in [2.75, 3.05) is 13.7 Å². The van der Waals surface area contributed by atoms with E-state index >= 15 is 0 Å². The predicted octanol–water partition coefficient (Wildman–Crippen LogP) is 2.67. The van der Waals surface area contributed by atoms with Crippen LogP contribution in [0.3, 0.4) is 0 Å². The number of benzene rings is 1. The van der Waals surface area contributed by atoms with Gasteiger partial charge in [-0.15, -0.1) is 0 Å². The minimum absolute atomic E-state index is 0.115. The number of hydrogen-bond acceptors (Lipinski definition) is 5. The molecule has 0 N–H and O–H groups in total. The number of carbonyl (C=O) groups is 1. The topological polar surface area (TPSA) is 68.5 Å². The monoisotopic (exact) mass is 315 g/mol. The fourth-order valence-electron chi connectivity index (χ4n) is 3.37. The van der Waals surface area contributed by atoms with Gasteiger partial charge in [0.2, 0.25) is 0 Å². The predicted molar refractivity (Wildman–Crippen MR) is 82.7 cm³/mol. The van der Waals surface area contributed by atoms with Crippen molar-refractivity contribution in [3.8, 4) is 6.07 Å². The summed E-state index contributed by atoms with van der Waals surface area (Å²) in [5.74, 6) is 0.233. The lowest BCUT2D eigenvalue weighted by Crippen LogP contribution is -2.42. The molecule has 0 bridgehead atoms. The summed E-state index contributed by atoms with van der Waals surface area (Å²) in [5, 5.41) is 9.14. The fraction of sp³-hybridized carbons (Fsp3) is 0.556. The molecule has 5 heteroatoms. The van der Waals surface area contributed by atoms with Gasteiger partial charge in [0.25, 0.3) is 0 Å². The highest BCUT2D eigenvalue weighted by Crippen LogP contribution is 2.39. The van der Waals surface area contributed by atoms with Crippen LogP contribution in [0, 0.1) is 11.3 Å². The van der Waals surface area contributed by atoms with Gasteiger partial charge in [-0.25, -0.2) is 0 Å². The number of fused-ring (bicyclic) bond motifs is 1. The van der Waals surface area contributed by atoms with E-state index in [4.69, 9.17) is 19.5 Å². The number of nitrogens with zero attached hydrogens (tertiary/aromatic N) is 1. The molecule has 1 heterocycles. The fourth-order valence-corrected chi connectivity index (χ4v) is 3.37. The maximum Gasteiger partial charge on any atom is 0.185 e. The van der Waals surface area contributed by atoms with Gasteiger partial charge in [0.1, 0.15) is 5.78 Å². The van der Waals surface area contributed by atoms with Crippen molar-refractivity contribution in [1.82, 2.24) is 0 Å². The average molecular weight is 315 g/mol. The smallest absolute Gasteiger partial charge is 0.185 e. The summed E-state index contributed by atoms with van der Waals surface area (Å²) >= 11 is 0. The highest BCUT2D eigenvalue weighted by atomic mass is 16.7. The summed E-state index contributed by atoms with van der Waals surface area (Å²) in [4.78, 5) is 11.5. The molecule has 0 amide bonds. The molecule has 1 aliphatic heterocycles. The van der Waals surface area contributed by atoms with Crippen LogP contribution in [0.25, 0.3) is 0 Å². The highest BCUT2D eigenvalue weighted by Gasteiger charge is 2.39. The van der Waals surface area contributed by atoms with E-state index in [0.29, 0.717) is 31.4 Å². The van der Waals surface area contributed by atoms with Crippen molar-refractivity contribution in [1.29, 1.82) is 5.26 Å². The molecule has 1 aromatic carbocycles. The summed E-state index contributed by atoms with van der Waals surface area (Å²) in [6, 6.07) is 7.75. The van der Waals surface area contributed by atoms with Crippen LogP contribution < -0.4 is 0 Å². The van der Waals surface area contributed by atoms with Crippen molar-refractivity contribution in [2.45, 2.75) is 50.6 Å². The van der Waals surface area contributed by atoms with Crippen LogP contribution >= 0.6 is 0 Å². The van der Waals surface area contributed by atoms with Crippen LogP contribution in [0.15, 0.2) is 18.2 Å². The minimum Gasteiger partial charge on any atom is -0.382 e.